The third-order valence-corrected chi connectivity index (χ3v) is 2.86. The number of halogens is 1. The lowest BCUT2D eigenvalue weighted by atomic mass is 10.2. The third-order valence-electron chi connectivity index (χ3n) is 2.54. The van der Waals surface area contributed by atoms with Crippen LogP contribution < -0.4 is 11.1 Å². The van der Waals surface area contributed by atoms with Gasteiger partial charge in [-0.05, 0) is 24.6 Å². The Bertz CT molecular complexity index is 596. The fraction of sp³-hybridized carbons (Fsp3) is 0.250. The van der Waals surface area contributed by atoms with Crippen LogP contribution in [0.1, 0.15) is 11.3 Å². The van der Waals surface area contributed by atoms with Gasteiger partial charge in [0.1, 0.15) is 5.69 Å². The van der Waals surface area contributed by atoms with Crippen LogP contribution in [0.2, 0.25) is 5.02 Å². The SMILES string of the molecule is Cc1ccc(Cl)c(-n2cc(CNC(=O)CN)nn2)c1. The fourth-order valence-corrected chi connectivity index (χ4v) is 1.76. The van der Waals surface area contributed by atoms with Gasteiger partial charge in [-0.2, -0.15) is 0 Å². The van der Waals surface area contributed by atoms with E-state index >= 15 is 0 Å². The first-order chi connectivity index (χ1) is 9.10. The van der Waals surface area contributed by atoms with Gasteiger partial charge in [0.15, 0.2) is 0 Å². The highest BCUT2D eigenvalue weighted by atomic mass is 35.5. The molecule has 100 valence electrons. The summed E-state index contributed by atoms with van der Waals surface area (Å²) in [6, 6.07) is 5.65. The Morgan fingerprint density at radius 1 is 1.53 bits per heavy atom. The second kappa shape index (κ2) is 5.81. The maximum atomic E-state index is 11.0. The van der Waals surface area contributed by atoms with Crippen molar-refractivity contribution in [2.45, 2.75) is 13.5 Å². The molecule has 0 saturated carbocycles. The van der Waals surface area contributed by atoms with Crippen molar-refractivity contribution in [2.75, 3.05) is 6.54 Å². The second-order valence-corrected chi connectivity index (χ2v) is 4.50. The van der Waals surface area contributed by atoms with Crippen molar-refractivity contribution >= 4 is 17.5 Å². The average molecular weight is 280 g/mol. The van der Waals surface area contributed by atoms with Crippen LogP contribution in [0.15, 0.2) is 24.4 Å². The van der Waals surface area contributed by atoms with Crippen LogP contribution in [-0.4, -0.2) is 27.4 Å². The highest BCUT2D eigenvalue weighted by Gasteiger charge is 2.07. The Hall–Kier alpha value is -1.92. The molecule has 2 aromatic rings. The van der Waals surface area contributed by atoms with Gasteiger partial charge in [0.2, 0.25) is 5.91 Å². The lowest BCUT2D eigenvalue weighted by Crippen LogP contribution is -2.29. The van der Waals surface area contributed by atoms with E-state index in [2.05, 4.69) is 15.6 Å². The van der Waals surface area contributed by atoms with Crippen LogP contribution >= 0.6 is 11.6 Å². The molecule has 0 aliphatic heterocycles. The molecule has 3 N–H and O–H groups in total. The average Bonchev–Trinajstić information content (AvgIpc) is 2.87. The number of aromatic nitrogens is 3. The van der Waals surface area contributed by atoms with Gasteiger partial charge in [0, 0.05) is 0 Å². The monoisotopic (exact) mass is 279 g/mol. The predicted octanol–water partition coefficient (Wildman–Crippen LogP) is 0.804. The number of amides is 1. The number of aryl methyl sites for hydroxylation is 1. The van der Waals surface area contributed by atoms with E-state index < -0.39 is 0 Å². The number of hydrogen-bond donors (Lipinski definition) is 2. The van der Waals surface area contributed by atoms with Gasteiger partial charge in [0.25, 0.3) is 0 Å². The number of hydrogen-bond acceptors (Lipinski definition) is 4. The second-order valence-electron chi connectivity index (χ2n) is 4.09. The van der Waals surface area contributed by atoms with Gasteiger partial charge >= 0.3 is 0 Å². The first-order valence-corrected chi connectivity index (χ1v) is 6.12. The summed E-state index contributed by atoms with van der Waals surface area (Å²) in [5, 5.41) is 11.2. The highest BCUT2D eigenvalue weighted by Crippen LogP contribution is 2.20. The summed E-state index contributed by atoms with van der Waals surface area (Å²) < 4.78 is 1.58. The Kier molecular flexibility index (Phi) is 4.13. The standard InChI is InChI=1S/C12H14ClN5O/c1-8-2-3-10(13)11(4-8)18-7-9(16-17-18)6-15-12(19)5-14/h2-4,7H,5-6,14H2,1H3,(H,15,19). The summed E-state index contributed by atoms with van der Waals surface area (Å²) in [4.78, 5) is 11.0. The van der Waals surface area contributed by atoms with Crippen LogP contribution in [0.3, 0.4) is 0 Å². The summed E-state index contributed by atoms with van der Waals surface area (Å²) in [5.74, 6) is -0.233. The molecule has 2 rings (SSSR count). The Labute approximate surface area is 115 Å². The quantitative estimate of drug-likeness (QED) is 0.867. The zero-order chi connectivity index (χ0) is 13.8. The number of carbonyl (C=O) groups is 1. The van der Waals surface area contributed by atoms with Crippen molar-refractivity contribution in [2.24, 2.45) is 5.73 Å². The molecule has 0 spiro atoms. The molecule has 1 aromatic carbocycles. The van der Waals surface area contributed by atoms with Crippen LogP contribution in [0.5, 0.6) is 0 Å². The largest absolute Gasteiger partial charge is 0.349 e. The van der Waals surface area contributed by atoms with E-state index in [0.717, 1.165) is 11.3 Å². The van der Waals surface area contributed by atoms with Crippen LogP contribution in [0, 0.1) is 6.92 Å². The van der Waals surface area contributed by atoms with Gasteiger partial charge in [-0.1, -0.05) is 22.9 Å². The molecule has 0 radical (unpaired) electrons. The van der Waals surface area contributed by atoms with Crippen LogP contribution in [-0.2, 0) is 11.3 Å². The molecule has 6 nitrogen and oxygen atoms in total. The number of nitrogens with two attached hydrogens (primary N) is 1. The molecule has 1 heterocycles. The predicted molar refractivity (Wildman–Crippen MR) is 72.0 cm³/mol. The lowest BCUT2D eigenvalue weighted by Gasteiger charge is -2.04. The van der Waals surface area contributed by atoms with Crippen LogP contribution in [0.25, 0.3) is 5.69 Å². The molecule has 0 saturated heterocycles. The molecule has 0 aliphatic rings. The molecule has 0 unspecified atom stereocenters. The van der Waals surface area contributed by atoms with Crippen molar-refractivity contribution in [1.29, 1.82) is 0 Å². The Morgan fingerprint density at radius 3 is 3.05 bits per heavy atom. The number of benzene rings is 1. The third kappa shape index (κ3) is 3.30. The van der Waals surface area contributed by atoms with Gasteiger partial charge < -0.3 is 11.1 Å². The minimum atomic E-state index is -0.233. The minimum absolute atomic E-state index is 0.0438. The molecule has 0 fully saturated rings. The van der Waals surface area contributed by atoms with Gasteiger partial charge in [0.05, 0.1) is 30.0 Å². The molecule has 0 bridgehead atoms. The number of nitrogens with zero attached hydrogens (tertiary/aromatic N) is 3. The van der Waals surface area contributed by atoms with Crippen molar-refractivity contribution in [3.63, 3.8) is 0 Å². The van der Waals surface area contributed by atoms with Gasteiger partial charge in [-0.3, -0.25) is 4.79 Å². The minimum Gasteiger partial charge on any atom is -0.349 e. The van der Waals surface area contributed by atoms with Gasteiger partial charge in [-0.25, -0.2) is 4.68 Å². The molecular formula is C12H14ClN5O. The van der Waals surface area contributed by atoms with E-state index in [1.807, 2.05) is 25.1 Å². The van der Waals surface area contributed by atoms with Crippen molar-refractivity contribution in [3.8, 4) is 5.69 Å². The normalized spacial score (nSPS) is 10.5. The summed E-state index contributed by atoms with van der Waals surface area (Å²) >= 11 is 6.12. The van der Waals surface area contributed by atoms with Crippen molar-refractivity contribution in [1.82, 2.24) is 20.3 Å². The summed E-state index contributed by atoms with van der Waals surface area (Å²) in [5.41, 5.74) is 7.67. The topological polar surface area (TPSA) is 85.8 Å². The van der Waals surface area contributed by atoms with E-state index in [9.17, 15) is 4.79 Å². The molecular weight excluding hydrogens is 266 g/mol. The zero-order valence-electron chi connectivity index (χ0n) is 10.4. The van der Waals surface area contributed by atoms with E-state index in [1.54, 1.807) is 10.9 Å². The summed E-state index contributed by atoms with van der Waals surface area (Å²) in [6.45, 7) is 2.22. The molecule has 1 aromatic heterocycles. The number of carbonyl (C=O) groups excluding carboxylic acids is 1. The van der Waals surface area contributed by atoms with Crippen molar-refractivity contribution in [3.05, 3.63) is 40.7 Å². The summed E-state index contributed by atoms with van der Waals surface area (Å²) in [6.07, 6.45) is 1.72. The fourth-order valence-electron chi connectivity index (χ4n) is 1.56. The Balaban J connectivity index is 2.16. The van der Waals surface area contributed by atoms with Crippen molar-refractivity contribution < 1.29 is 4.79 Å². The number of rotatable bonds is 4. The van der Waals surface area contributed by atoms with E-state index in [-0.39, 0.29) is 12.5 Å². The summed E-state index contributed by atoms with van der Waals surface area (Å²) in [7, 11) is 0. The highest BCUT2D eigenvalue weighted by molar-refractivity contribution is 6.32. The van der Waals surface area contributed by atoms with E-state index in [1.165, 1.54) is 0 Å². The smallest absolute Gasteiger partial charge is 0.234 e. The molecule has 0 atom stereocenters. The molecule has 7 heteroatoms. The molecule has 0 aliphatic carbocycles. The van der Waals surface area contributed by atoms with Gasteiger partial charge in [-0.15, -0.1) is 5.10 Å². The van der Waals surface area contributed by atoms with E-state index in [4.69, 9.17) is 17.3 Å². The Morgan fingerprint density at radius 2 is 2.32 bits per heavy atom. The van der Waals surface area contributed by atoms with E-state index in [0.29, 0.717) is 17.3 Å². The lowest BCUT2D eigenvalue weighted by molar-refractivity contribution is -0.119. The molecule has 19 heavy (non-hydrogen) atoms. The zero-order valence-corrected chi connectivity index (χ0v) is 11.2. The number of nitrogens with one attached hydrogen (secondary N) is 1. The first kappa shape index (κ1) is 13.5. The van der Waals surface area contributed by atoms with Crippen LogP contribution in [0.4, 0.5) is 0 Å². The molecule has 1 amide bonds. The first-order valence-electron chi connectivity index (χ1n) is 5.74. The maximum Gasteiger partial charge on any atom is 0.234 e. The maximum absolute atomic E-state index is 11.0.